The molecular formula is C9H13N3O. The third kappa shape index (κ3) is 2.37. The Morgan fingerprint density at radius 1 is 1.54 bits per heavy atom. The van der Waals surface area contributed by atoms with Crippen molar-refractivity contribution in [3.8, 4) is 0 Å². The third-order valence-electron chi connectivity index (χ3n) is 1.77. The van der Waals surface area contributed by atoms with Gasteiger partial charge in [-0.1, -0.05) is 6.07 Å². The van der Waals surface area contributed by atoms with E-state index in [0.717, 1.165) is 11.3 Å². The second kappa shape index (κ2) is 3.80. The molecule has 0 spiro atoms. The molecule has 0 aromatic heterocycles. The molecule has 4 nitrogen and oxygen atoms in total. The summed E-state index contributed by atoms with van der Waals surface area (Å²) in [5.41, 5.74) is 13.1. The fourth-order valence-corrected chi connectivity index (χ4v) is 1.13. The molecule has 0 heterocycles. The molecule has 70 valence electrons. The standard InChI is InChI=1S/C9H13N3O/c1-12-8-4-6(5-9(11)13)2-3-7(8)10/h2-4,12H,5,10H2,1H3,(H2,11,13). The van der Waals surface area contributed by atoms with Crippen LogP contribution in [0.15, 0.2) is 18.2 Å². The highest BCUT2D eigenvalue weighted by Gasteiger charge is 2.01. The minimum absolute atomic E-state index is 0.245. The Bertz CT molecular complexity index is 323. The van der Waals surface area contributed by atoms with E-state index < -0.39 is 0 Å². The average molecular weight is 179 g/mol. The molecule has 1 rings (SSSR count). The number of nitrogens with one attached hydrogen (secondary N) is 1. The number of hydrogen-bond donors (Lipinski definition) is 3. The van der Waals surface area contributed by atoms with Crippen LogP contribution in [0.1, 0.15) is 5.56 Å². The molecule has 0 aliphatic carbocycles. The predicted molar refractivity (Wildman–Crippen MR) is 53.3 cm³/mol. The molecule has 0 aliphatic heterocycles. The van der Waals surface area contributed by atoms with Gasteiger partial charge in [-0.2, -0.15) is 0 Å². The fraction of sp³-hybridized carbons (Fsp3) is 0.222. The highest BCUT2D eigenvalue weighted by atomic mass is 16.1. The highest BCUT2D eigenvalue weighted by molar-refractivity contribution is 5.78. The van der Waals surface area contributed by atoms with Crippen molar-refractivity contribution in [1.82, 2.24) is 0 Å². The molecule has 4 heteroatoms. The number of rotatable bonds is 3. The summed E-state index contributed by atoms with van der Waals surface area (Å²) in [7, 11) is 1.78. The van der Waals surface area contributed by atoms with Crippen molar-refractivity contribution in [2.45, 2.75) is 6.42 Å². The van der Waals surface area contributed by atoms with E-state index in [-0.39, 0.29) is 12.3 Å². The molecule has 0 bridgehead atoms. The van der Waals surface area contributed by atoms with Gasteiger partial charge in [-0.05, 0) is 17.7 Å². The van der Waals surface area contributed by atoms with Crippen molar-refractivity contribution in [3.05, 3.63) is 23.8 Å². The van der Waals surface area contributed by atoms with Crippen molar-refractivity contribution in [2.24, 2.45) is 5.73 Å². The molecule has 0 unspecified atom stereocenters. The van der Waals surface area contributed by atoms with Gasteiger partial charge in [0, 0.05) is 7.05 Å². The minimum atomic E-state index is -0.341. The molecule has 0 radical (unpaired) electrons. The summed E-state index contributed by atoms with van der Waals surface area (Å²) >= 11 is 0. The number of amides is 1. The van der Waals surface area contributed by atoms with E-state index in [1.807, 2.05) is 6.07 Å². The van der Waals surface area contributed by atoms with Crippen LogP contribution in [0, 0.1) is 0 Å². The maximum Gasteiger partial charge on any atom is 0.221 e. The van der Waals surface area contributed by atoms with Crippen LogP contribution in [-0.4, -0.2) is 13.0 Å². The number of carbonyl (C=O) groups is 1. The largest absolute Gasteiger partial charge is 0.397 e. The quantitative estimate of drug-likeness (QED) is 0.585. The molecule has 0 aliphatic rings. The molecule has 1 amide bonds. The first kappa shape index (κ1) is 9.38. The van der Waals surface area contributed by atoms with E-state index in [4.69, 9.17) is 11.5 Å². The Labute approximate surface area is 76.9 Å². The summed E-state index contributed by atoms with van der Waals surface area (Å²) in [6.45, 7) is 0. The van der Waals surface area contributed by atoms with Crippen LogP contribution in [0.3, 0.4) is 0 Å². The minimum Gasteiger partial charge on any atom is -0.397 e. The van der Waals surface area contributed by atoms with Crippen molar-refractivity contribution in [1.29, 1.82) is 0 Å². The average Bonchev–Trinajstić information content (AvgIpc) is 2.07. The number of carbonyl (C=O) groups excluding carboxylic acids is 1. The first-order valence-corrected chi connectivity index (χ1v) is 3.98. The topological polar surface area (TPSA) is 81.1 Å². The summed E-state index contributed by atoms with van der Waals surface area (Å²) in [5.74, 6) is -0.341. The van der Waals surface area contributed by atoms with Gasteiger partial charge >= 0.3 is 0 Å². The number of hydrogen-bond acceptors (Lipinski definition) is 3. The van der Waals surface area contributed by atoms with Gasteiger partial charge in [-0.3, -0.25) is 4.79 Å². The van der Waals surface area contributed by atoms with Gasteiger partial charge in [0.05, 0.1) is 17.8 Å². The summed E-state index contributed by atoms with van der Waals surface area (Å²) in [6, 6.07) is 5.37. The lowest BCUT2D eigenvalue weighted by atomic mass is 10.1. The Hall–Kier alpha value is -1.71. The van der Waals surface area contributed by atoms with Crippen LogP contribution in [0.2, 0.25) is 0 Å². The van der Waals surface area contributed by atoms with Gasteiger partial charge in [0.15, 0.2) is 0 Å². The second-order valence-corrected chi connectivity index (χ2v) is 2.81. The number of benzene rings is 1. The van der Waals surface area contributed by atoms with Crippen LogP contribution in [0.4, 0.5) is 11.4 Å². The van der Waals surface area contributed by atoms with Gasteiger partial charge in [-0.15, -0.1) is 0 Å². The van der Waals surface area contributed by atoms with E-state index in [0.29, 0.717) is 5.69 Å². The van der Waals surface area contributed by atoms with Crippen LogP contribution >= 0.6 is 0 Å². The zero-order valence-electron chi connectivity index (χ0n) is 7.50. The van der Waals surface area contributed by atoms with Crippen LogP contribution in [0.5, 0.6) is 0 Å². The van der Waals surface area contributed by atoms with Gasteiger partial charge < -0.3 is 16.8 Å². The fourth-order valence-electron chi connectivity index (χ4n) is 1.13. The monoisotopic (exact) mass is 179 g/mol. The second-order valence-electron chi connectivity index (χ2n) is 2.81. The number of anilines is 2. The summed E-state index contributed by atoms with van der Waals surface area (Å²) in [6.07, 6.45) is 0.245. The normalized spacial score (nSPS) is 9.62. The maximum atomic E-state index is 10.6. The van der Waals surface area contributed by atoms with E-state index >= 15 is 0 Å². The molecule has 0 fully saturated rings. The van der Waals surface area contributed by atoms with Crippen molar-refractivity contribution in [3.63, 3.8) is 0 Å². The van der Waals surface area contributed by atoms with Crippen molar-refractivity contribution < 1.29 is 4.79 Å². The van der Waals surface area contributed by atoms with Crippen LogP contribution in [0.25, 0.3) is 0 Å². The number of primary amides is 1. The summed E-state index contributed by atoms with van der Waals surface area (Å²) in [5, 5.41) is 2.93. The Morgan fingerprint density at radius 2 is 2.23 bits per heavy atom. The summed E-state index contributed by atoms with van der Waals surface area (Å²) < 4.78 is 0. The first-order valence-electron chi connectivity index (χ1n) is 3.98. The SMILES string of the molecule is CNc1cc(CC(N)=O)ccc1N. The molecule has 5 N–H and O–H groups in total. The molecule has 0 saturated carbocycles. The summed E-state index contributed by atoms with van der Waals surface area (Å²) in [4.78, 5) is 10.6. The Morgan fingerprint density at radius 3 is 2.77 bits per heavy atom. The third-order valence-corrected chi connectivity index (χ3v) is 1.77. The van der Waals surface area contributed by atoms with Crippen molar-refractivity contribution in [2.75, 3.05) is 18.1 Å². The molecule has 0 atom stereocenters. The van der Waals surface area contributed by atoms with Gasteiger partial charge in [0.1, 0.15) is 0 Å². The number of nitrogens with two attached hydrogens (primary N) is 2. The Balaban J connectivity index is 2.92. The van der Waals surface area contributed by atoms with Gasteiger partial charge in [0.2, 0.25) is 5.91 Å². The zero-order valence-corrected chi connectivity index (χ0v) is 7.50. The smallest absolute Gasteiger partial charge is 0.221 e. The van der Waals surface area contributed by atoms with Gasteiger partial charge in [-0.25, -0.2) is 0 Å². The van der Waals surface area contributed by atoms with E-state index in [9.17, 15) is 4.79 Å². The Kier molecular flexibility index (Phi) is 2.74. The molecule has 0 saturated heterocycles. The van der Waals surface area contributed by atoms with E-state index in [1.165, 1.54) is 0 Å². The number of nitrogen functional groups attached to an aromatic ring is 1. The molecular weight excluding hydrogens is 166 g/mol. The van der Waals surface area contributed by atoms with Crippen LogP contribution < -0.4 is 16.8 Å². The molecule has 13 heavy (non-hydrogen) atoms. The van der Waals surface area contributed by atoms with Crippen LogP contribution in [-0.2, 0) is 11.2 Å². The molecule has 1 aromatic carbocycles. The first-order chi connectivity index (χ1) is 6.13. The zero-order chi connectivity index (χ0) is 9.84. The lowest BCUT2D eigenvalue weighted by Gasteiger charge is -2.06. The lowest BCUT2D eigenvalue weighted by Crippen LogP contribution is -2.13. The predicted octanol–water partition coefficient (Wildman–Crippen LogP) is 0.338. The molecule has 1 aromatic rings. The van der Waals surface area contributed by atoms with E-state index in [2.05, 4.69) is 5.32 Å². The van der Waals surface area contributed by atoms with Crippen molar-refractivity contribution >= 4 is 17.3 Å². The lowest BCUT2D eigenvalue weighted by molar-refractivity contribution is -0.117. The maximum absolute atomic E-state index is 10.6. The van der Waals surface area contributed by atoms with E-state index in [1.54, 1.807) is 19.2 Å². The highest BCUT2D eigenvalue weighted by Crippen LogP contribution is 2.19. The van der Waals surface area contributed by atoms with Gasteiger partial charge in [0.25, 0.3) is 0 Å².